The molecule has 1 aromatic heterocycles. The van der Waals surface area contributed by atoms with E-state index in [4.69, 9.17) is 5.11 Å². The maximum Gasteiger partial charge on any atom is 0.307 e. The molecule has 1 aliphatic heterocycles. The van der Waals surface area contributed by atoms with Crippen molar-refractivity contribution in [2.24, 2.45) is 18.4 Å². The normalized spacial score (nSPS) is 23.8. The van der Waals surface area contributed by atoms with E-state index in [0.717, 1.165) is 36.2 Å². The van der Waals surface area contributed by atoms with Crippen LogP contribution in [-0.2, 0) is 16.6 Å². The van der Waals surface area contributed by atoms with Crippen LogP contribution in [0.3, 0.4) is 0 Å². The van der Waals surface area contributed by atoms with Crippen LogP contribution in [0.25, 0.3) is 0 Å². The van der Waals surface area contributed by atoms with Gasteiger partial charge in [-0.3, -0.25) is 14.3 Å². The van der Waals surface area contributed by atoms with Crippen molar-refractivity contribution in [1.29, 1.82) is 0 Å². The quantitative estimate of drug-likeness (QED) is 0.922. The van der Waals surface area contributed by atoms with Crippen molar-refractivity contribution in [2.45, 2.75) is 46.0 Å². The molecule has 0 aromatic carbocycles. The molecule has 0 radical (unpaired) electrons. The number of hydrogen-bond donors (Lipinski definition) is 1. The number of hydrogen-bond acceptors (Lipinski definition) is 3. The van der Waals surface area contributed by atoms with Crippen LogP contribution in [0.5, 0.6) is 0 Å². The number of rotatable bonds is 3. The van der Waals surface area contributed by atoms with Crippen LogP contribution in [0.2, 0.25) is 0 Å². The number of carbonyl (C=O) groups is 2. The van der Waals surface area contributed by atoms with Crippen LogP contribution in [0.15, 0.2) is 0 Å². The van der Waals surface area contributed by atoms with Gasteiger partial charge in [0.1, 0.15) is 0 Å². The van der Waals surface area contributed by atoms with Crippen LogP contribution >= 0.6 is 0 Å². The Kier molecular flexibility index (Phi) is 3.73. The minimum atomic E-state index is -0.681. The minimum absolute atomic E-state index is 0.0357. The summed E-state index contributed by atoms with van der Waals surface area (Å²) in [5.74, 6) is -0.946. The number of nitrogens with zero attached hydrogens (tertiary/aromatic N) is 3. The fraction of sp³-hybridized carbons (Fsp3) is 0.706. The summed E-state index contributed by atoms with van der Waals surface area (Å²) in [4.78, 5) is 25.9. The van der Waals surface area contributed by atoms with Gasteiger partial charge in [-0.15, -0.1) is 0 Å². The Labute approximate surface area is 136 Å². The molecule has 2 aliphatic rings. The molecule has 1 aromatic rings. The lowest BCUT2D eigenvalue weighted by atomic mass is 9.89. The molecule has 1 N–H and O–H groups in total. The monoisotopic (exact) mass is 319 g/mol. The number of carboxylic acid groups (broad SMARTS) is 1. The molecule has 1 saturated heterocycles. The minimum Gasteiger partial charge on any atom is -0.481 e. The van der Waals surface area contributed by atoms with Crippen molar-refractivity contribution in [1.82, 2.24) is 14.7 Å². The van der Waals surface area contributed by atoms with Crippen molar-refractivity contribution in [3.63, 3.8) is 0 Å². The lowest BCUT2D eigenvalue weighted by Gasteiger charge is -2.34. The Bertz CT molecular complexity index is 656. The fourth-order valence-electron chi connectivity index (χ4n) is 4.24. The van der Waals surface area contributed by atoms with Gasteiger partial charge in [-0.25, -0.2) is 0 Å². The van der Waals surface area contributed by atoms with Crippen molar-refractivity contribution in [3.8, 4) is 0 Å². The van der Waals surface area contributed by atoms with Gasteiger partial charge in [-0.05, 0) is 45.4 Å². The van der Waals surface area contributed by atoms with E-state index in [2.05, 4.69) is 5.10 Å². The molecule has 1 amide bonds. The van der Waals surface area contributed by atoms with E-state index in [9.17, 15) is 9.59 Å². The first kappa shape index (κ1) is 16.0. The zero-order valence-electron chi connectivity index (χ0n) is 14.3. The van der Waals surface area contributed by atoms with E-state index in [1.165, 1.54) is 0 Å². The van der Waals surface area contributed by atoms with Crippen LogP contribution in [0.4, 0.5) is 0 Å². The topological polar surface area (TPSA) is 75.4 Å². The first-order chi connectivity index (χ1) is 10.8. The molecule has 3 rings (SSSR count). The molecule has 2 heterocycles. The second kappa shape index (κ2) is 5.35. The summed E-state index contributed by atoms with van der Waals surface area (Å²) in [6.45, 7) is 7.22. The Morgan fingerprint density at radius 1 is 1.30 bits per heavy atom. The van der Waals surface area contributed by atoms with E-state index in [-0.39, 0.29) is 23.2 Å². The van der Waals surface area contributed by atoms with Crippen LogP contribution < -0.4 is 0 Å². The molecular formula is C17H25N3O3. The summed E-state index contributed by atoms with van der Waals surface area (Å²) in [6, 6.07) is 0. The molecule has 6 heteroatoms. The molecule has 2 fully saturated rings. The maximum absolute atomic E-state index is 12.8. The fourth-order valence-corrected chi connectivity index (χ4v) is 4.24. The van der Waals surface area contributed by atoms with E-state index in [1.807, 2.05) is 37.4 Å². The molecule has 1 saturated carbocycles. The first-order valence-corrected chi connectivity index (χ1v) is 8.28. The summed E-state index contributed by atoms with van der Waals surface area (Å²) in [5, 5.41) is 13.6. The van der Waals surface area contributed by atoms with E-state index < -0.39 is 5.97 Å². The Morgan fingerprint density at radius 3 is 2.35 bits per heavy atom. The Hall–Kier alpha value is -1.85. The van der Waals surface area contributed by atoms with Crippen molar-refractivity contribution in [2.75, 3.05) is 13.1 Å². The van der Waals surface area contributed by atoms with Crippen molar-refractivity contribution >= 4 is 11.9 Å². The summed E-state index contributed by atoms with van der Waals surface area (Å²) in [5.41, 5.74) is 2.93. The smallest absolute Gasteiger partial charge is 0.307 e. The summed E-state index contributed by atoms with van der Waals surface area (Å²) >= 11 is 0. The average Bonchev–Trinajstić information content (AvgIpc) is 3.14. The average molecular weight is 319 g/mol. The molecule has 2 atom stereocenters. The van der Waals surface area contributed by atoms with E-state index >= 15 is 0 Å². The molecule has 23 heavy (non-hydrogen) atoms. The lowest BCUT2D eigenvalue weighted by molar-refractivity contribution is -0.140. The number of aromatic nitrogens is 2. The van der Waals surface area contributed by atoms with Crippen LogP contribution in [0, 0.1) is 25.2 Å². The standard InChI is InChI=1S/C17H25N3O3/c1-10(14-11(2)18-19(4)12(14)3)15(21)20-7-5-17(6-8-20)9-13(17)16(22)23/h10,13H,5-9H2,1-4H3,(H,22,23). The third kappa shape index (κ3) is 2.54. The predicted octanol–water partition coefficient (Wildman–Crippen LogP) is 1.85. The molecule has 126 valence electrons. The van der Waals surface area contributed by atoms with Gasteiger partial charge in [0.25, 0.3) is 0 Å². The van der Waals surface area contributed by atoms with Gasteiger partial charge in [0, 0.05) is 31.4 Å². The summed E-state index contributed by atoms with van der Waals surface area (Å²) in [6.07, 6.45) is 2.40. The van der Waals surface area contributed by atoms with Gasteiger partial charge in [-0.1, -0.05) is 0 Å². The number of piperidine rings is 1. The summed E-state index contributed by atoms with van der Waals surface area (Å²) < 4.78 is 1.82. The Morgan fingerprint density at radius 2 is 1.91 bits per heavy atom. The van der Waals surface area contributed by atoms with Gasteiger partial charge in [0.05, 0.1) is 17.5 Å². The van der Waals surface area contributed by atoms with Gasteiger partial charge < -0.3 is 10.0 Å². The molecule has 1 aliphatic carbocycles. The SMILES string of the molecule is Cc1nn(C)c(C)c1C(C)C(=O)N1CCC2(CC1)CC2C(=O)O. The zero-order valence-corrected chi connectivity index (χ0v) is 14.3. The van der Waals surface area contributed by atoms with E-state index in [1.54, 1.807) is 0 Å². The van der Waals surface area contributed by atoms with Crippen LogP contribution in [-0.4, -0.2) is 44.8 Å². The summed E-state index contributed by atoms with van der Waals surface area (Å²) in [7, 11) is 1.90. The highest BCUT2D eigenvalue weighted by Crippen LogP contribution is 2.59. The molecule has 0 bridgehead atoms. The highest BCUT2D eigenvalue weighted by molar-refractivity contribution is 5.84. The van der Waals surface area contributed by atoms with Gasteiger partial charge in [0.15, 0.2) is 0 Å². The largest absolute Gasteiger partial charge is 0.481 e. The second-order valence-electron chi connectivity index (χ2n) is 7.21. The maximum atomic E-state index is 12.8. The zero-order chi connectivity index (χ0) is 16.9. The van der Waals surface area contributed by atoms with Crippen molar-refractivity contribution < 1.29 is 14.7 Å². The Balaban J connectivity index is 1.67. The number of carbonyl (C=O) groups excluding carboxylic acids is 1. The lowest BCUT2D eigenvalue weighted by Crippen LogP contribution is -2.42. The first-order valence-electron chi connectivity index (χ1n) is 8.28. The second-order valence-corrected chi connectivity index (χ2v) is 7.21. The van der Waals surface area contributed by atoms with Gasteiger partial charge in [0.2, 0.25) is 5.91 Å². The van der Waals surface area contributed by atoms with Crippen LogP contribution in [0.1, 0.15) is 49.1 Å². The third-order valence-corrected chi connectivity index (χ3v) is 5.93. The predicted molar refractivity (Wildman–Crippen MR) is 85.1 cm³/mol. The molecule has 1 spiro atoms. The third-order valence-electron chi connectivity index (χ3n) is 5.93. The van der Waals surface area contributed by atoms with Crippen molar-refractivity contribution in [3.05, 3.63) is 17.0 Å². The van der Waals surface area contributed by atoms with E-state index in [0.29, 0.717) is 13.1 Å². The number of amides is 1. The highest BCUT2D eigenvalue weighted by Gasteiger charge is 2.59. The number of aliphatic carboxylic acids is 1. The number of carboxylic acids is 1. The highest BCUT2D eigenvalue weighted by atomic mass is 16.4. The molecule has 2 unspecified atom stereocenters. The number of likely N-dealkylation sites (tertiary alicyclic amines) is 1. The molecular weight excluding hydrogens is 294 g/mol. The molecule has 6 nitrogen and oxygen atoms in total. The van der Waals surface area contributed by atoms with Gasteiger partial charge in [-0.2, -0.15) is 5.10 Å². The number of aryl methyl sites for hydroxylation is 2. The van der Waals surface area contributed by atoms with Gasteiger partial charge >= 0.3 is 5.97 Å².